The molecule has 0 aliphatic carbocycles. The van der Waals surface area contributed by atoms with Crippen LogP contribution < -0.4 is 0 Å². The van der Waals surface area contributed by atoms with E-state index in [4.69, 9.17) is 5.11 Å². The largest absolute Gasteiger partial charge is 0.507 e. The van der Waals surface area contributed by atoms with Crippen LogP contribution in [-0.2, 0) is 21.4 Å². The highest BCUT2D eigenvalue weighted by Gasteiger charge is 2.48. The Balaban J connectivity index is 3.93. The van der Waals surface area contributed by atoms with Gasteiger partial charge in [0.1, 0.15) is 11.3 Å². The number of phenols is 1. The summed E-state index contributed by atoms with van der Waals surface area (Å²) in [4.78, 5) is -1.77. The zero-order valence-electron chi connectivity index (χ0n) is 8.47. The van der Waals surface area contributed by atoms with Gasteiger partial charge in [-0.05, 0) is 12.1 Å². The van der Waals surface area contributed by atoms with Crippen molar-refractivity contribution in [3.05, 3.63) is 23.3 Å². The van der Waals surface area contributed by atoms with Gasteiger partial charge in [0.25, 0.3) is 9.05 Å². The average Bonchev–Trinajstić information content (AvgIpc) is 2.11. The summed E-state index contributed by atoms with van der Waals surface area (Å²) >= 11 is 0. The molecule has 1 aromatic rings. The minimum atomic E-state index is -5.67. The van der Waals surface area contributed by atoms with Crippen molar-refractivity contribution in [2.24, 2.45) is 0 Å². The molecule has 0 saturated carbocycles. The lowest BCUT2D eigenvalue weighted by molar-refractivity contribution is -0.164. The number of benzene rings is 1. The molecule has 19 heavy (non-hydrogen) atoms. The highest BCUT2D eigenvalue weighted by Crippen LogP contribution is 2.47. The van der Waals surface area contributed by atoms with Gasteiger partial charge in [-0.2, -0.15) is 26.3 Å². The van der Waals surface area contributed by atoms with Crippen LogP contribution in [0.1, 0.15) is 11.1 Å². The van der Waals surface area contributed by atoms with E-state index in [9.17, 15) is 34.8 Å². The molecule has 0 heterocycles. The molecular weight excluding hydrogens is 326 g/mol. The van der Waals surface area contributed by atoms with Crippen LogP contribution in [0, 0.1) is 0 Å². The van der Waals surface area contributed by atoms with Crippen molar-refractivity contribution >= 4 is 19.7 Å². The zero-order valence-corrected chi connectivity index (χ0v) is 10.0. The lowest BCUT2D eigenvalue weighted by Gasteiger charge is -2.18. The summed E-state index contributed by atoms with van der Waals surface area (Å²) in [5, 5.41) is 8.92. The fourth-order valence-corrected chi connectivity index (χ4v) is 2.42. The average molecular weight is 329 g/mol. The first kappa shape index (κ1) is 15.9. The molecule has 0 aromatic heterocycles. The number of aromatic hydroxyl groups is 1. The number of alkyl halides is 6. The Kier molecular flexibility index (Phi) is 3.72. The van der Waals surface area contributed by atoms with Gasteiger partial charge in [0.05, 0.1) is 10.5 Å². The maximum Gasteiger partial charge on any atom is 0.420 e. The van der Waals surface area contributed by atoms with Crippen LogP contribution in [-0.4, -0.2) is 13.5 Å². The smallest absolute Gasteiger partial charge is 0.420 e. The van der Waals surface area contributed by atoms with Crippen molar-refractivity contribution in [1.82, 2.24) is 0 Å². The molecule has 0 aliphatic rings. The molecule has 1 rings (SSSR count). The molecule has 108 valence electrons. The van der Waals surface area contributed by atoms with E-state index in [1.807, 2.05) is 0 Å². The van der Waals surface area contributed by atoms with Crippen LogP contribution in [0.4, 0.5) is 26.3 Å². The second-order valence-corrected chi connectivity index (χ2v) is 5.80. The van der Waals surface area contributed by atoms with Crippen LogP contribution in [0.25, 0.3) is 0 Å². The maximum atomic E-state index is 12.6. The third-order valence-corrected chi connectivity index (χ3v) is 3.34. The van der Waals surface area contributed by atoms with Gasteiger partial charge in [-0.15, -0.1) is 0 Å². The summed E-state index contributed by atoms with van der Waals surface area (Å²) in [6.07, 6.45) is -11.3. The monoisotopic (exact) mass is 328 g/mol. The Bertz CT molecular complexity index is 604. The summed E-state index contributed by atoms with van der Waals surface area (Å²) in [6.45, 7) is 0. The van der Waals surface area contributed by atoms with Gasteiger partial charge in [0.2, 0.25) is 0 Å². The molecule has 0 aliphatic heterocycles. The van der Waals surface area contributed by atoms with E-state index < -0.39 is 43.2 Å². The first-order valence-electron chi connectivity index (χ1n) is 4.21. The van der Waals surface area contributed by atoms with Crippen LogP contribution in [0.2, 0.25) is 0 Å². The number of rotatable bonds is 1. The van der Waals surface area contributed by atoms with E-state index in [-0.39, 0.29) is 12.1 Å². The Morgan fingerprint density at radius 1 is 0.947 bits per heavy atom. The highest BCUT2D eigenvalue weighted by atomic mass is 35.7. The van der Waals surface area contributed by atoms with E-state index in [0.29, 0.717) is 0 Å². The Hall–Kier alpha value is -1.16. The summed E-state index contributed by atoms with van der Waals surface area (Å²) in [6, 6.07) is 0.322. The van der Waals surface area contributed by atoms with Gasteiger partial charge in [-0.3, -0.25) is 0 Å². The van der Waals surface area contributed by atoms with Crippen molar-refractivity contribution in [1.29, 1.82) is 0 Å². The van der Waals surface area contributed by atoms with Crippen LogP contribution in [0.3, 0.4) is 0 Å². The topological polar surface area (TPSA) is 54.4 Å². The lowest BCUT2D eigenvalue weighted by Crippen LogP contribution is -2.20. The third-order valence-electron chi connectivity index (χ3n) is 1.97. The third kappa shape index (κ3) is 3.24. The van der Waals surface area contributed by atoms with Crippen LogP contribution in [0.5, 0.6) is 5.75 Å². The molecule has 1 aromatic carbocycles. The Labute approximate surface area is 106 Å². The molecule has 0 bridgehead atoms. The predicted octanol–water partition coefficient (Wildman–Crippen LogP) is 3.36. The molecule has 0 saturated heterocycles. The van der Waals surface area contributed by atoms with E-state index >= 15 is 0 Å². The lowest BCUT2D eigenvalue weighted by atomic mass is 10.1. The quantitative estimate of drug-likeness (QED) is 0.635. The number of hydrogen-bond acceptors (Lipinski definition) is 3. The molecule has 0 atom stereocenters. The standard InChI is InChI=1S/C8H3ClF6O3S/c9-19(17,18)4-2-1-3(16)5(7(10,11)12)6(4)8(13,14)15/h1-2,16H. The van der Waals surface area contributed by atoms with Crippen LogP contribution in [0.15, 0.2) is 17.0 Å². The van der Waals surface area contributed by atoms with E-state index in [1.165, 1.54) is 0 Å². The normalized spacial score (nSPS) is 13.6. The van der Waals surface area contributed by atoms with Crippen molar-refractivity contribution < 1.29 is 39.9 Å². The number of hydrogen-bond donors (Lipinski definition) is 1. The van der Waals surface area contributed by atoms with Gasteiger partial charge in [-0.25, -0.2) is 8.42 Å². The molecule has 0 radical (unpaired) electrons. The van der Waals surface area contributed by atoms with Crippen molar-refractivity contribution in [2.45, 2.75) is 17.2 Å². The first-order chi connectivity index (χ1) is 8.26. The van der Waals surface area contributed by atoms with Gasteiger partial charge >= 0.3 is 12.4 Å². The maximum absolute atomic E-state index is 12.6. The summed E-state index contributed by atoms with van der Waals surface area (Å²) < 4.78 is 97.2. The summed E-state index contributed by atoms with van der Waals surface area (Å²) in [5.41, 5.74) is -5.04. The number of phenolic OH excluding ortho intramolecular Hbond substituents is 1. The van der Waals surface area contributed by atoms with Crippen molar-refractivity contribution in [3.63, 3.8) is 0 Å². The molecule has 1 N–H and O–H groups in total. The predicted molar refractivity (Wildman–Crippen MR) is 51.1 cm³/mol. The molecule has 0 unspecified atom stereocenters. The molecule has 0 spiro atoms. The van der Waals surface area contributed by atoms with Crippen molar-refractivity contribution in [2.75, 3.05) is 0 Å². The second-order valence-electron chi connectivity index (χ2n) is 3.27. The van der Waals surface area contributed by atoms with Gasteiger partial charge < -0.3 is 5.11 Å². The Morgan fingerprint density at radius 2 is 1.37 bits per heavy atom. The molecule has 3 nitrogen and oxygen atoms in total. The minimum Gasteiger partial charge on any atom is -0.507 e. The van der Waals surface area contributed by atoms with E-state index in [0.717, 1.165) is 0 Å². The van der Waals surface area contributed by atoms with Crippen molar-refractivity contribution in [3.8, 4) is 5.75 Å². The molecule has 11 heteroatoms. The van der Waals surface area contributed by atoms with Gasteiger partial charge in [0, 0.05) is 10.7 Å². The Morgan fingerprint density at radius 3 is 1.68 bits per heavy atom. The molecule has 0 fully saturated rings. The number of halogens is 7. The van der Waals surface area contributed by atoms with E-state index in [1.54, 1.807) is 0 Å². The summed E-state index contributed by atoms with van der Waals surface area (Å²) in [7, 11) is -0.408. The SMILES string of the molecule is O=S(=O)(Cl)c1ccc(O)c(C(F)(F)F)c1C(F)(F)F. The van der Waals surface area contributed by atoms with Crippen LogP contribution >= 0.6 is 10.7 Å². The fraction of sp³-hybridized carbons (Fsp3) is 0.250. The highest BCUT2D eigenvalue weighted by molar-refractivity contribution is 8.13. The second kappa shape index (κ2) is 4.44. The zero-order chi connectivity index (χ0) is 15.2. The van der Waals surface area contributed by atoms with Gasteiger partial charge in [-0.1, -0.05) is 0 Å². The molecular formula is C8H3ClF6O3S. The van der Waals surface area contributed by atoms with Gasteiger partial charge in [0.15, 0.2) is 0 Å². The van der Waals surface area contributed by atoms with E-state index in [2.05, 4.69) is 10.7 Å². The molecule has 0 amide bonds. The fourth-order valence-electron chi connectivity index (χ4n) is 1.34. The summed E-state index contributed by atoms with van der Waals surface area (Å²) in [5.74, 6) is -1.75. The first-order valence-corrected chi connectivity index (χ1v) is 6.52. The minimum absolute atomic E-state index is 0.149.